The molecule has 0 aliphatic heterocycles. The van der Waals surface area contributed by atoms with Gasteiger partial charge in [-0.2, -0.15) is 0 Å². The lowest BCUT2D eigenvalue weighted by Crippen LogP contribution is -1.98. The number of hydrogen-bond acceptors (Lipinski definition) is 4. The van der Waals surface area contributed by atoms with E-state index in [9.17, 15) is 4.79 Å². The second-order valence-corrected chi connectivity index (χ2v) is 4.23. The number of aromatic carboxylic acids is 1. The fraction of sp³-hybridized carbons (Fsp3) is 0.333. The Balaban J connectivity index is 2.70. The number of thioether (sulfide) groups is 1. The summed E-state index contributed by atoms with van der Waals surface area (Å²) in [5, 5.41) is 18.2. The van der Waals surface area contributed by atoms with Crippen molar-refractivity contribution >= 4 is 29.3 Å². The lowest BCUT2D eigenvalue weighted by molar-refractivity contribution is 0.0696. The minimum atomic E-state index is -1.05. The lowest BCUT2D eigenvalue weighted by Gasteiger charge is -2.02. The van der Waals surface area contributed by atoms with E-state index in [-0.39, 0.29) is 12.2 Å². The molecule has 0 fully saturated rings. The largest absolute Gasteiger partial charge is 0.478 e. The summed E-state index contributed by atoms with van der Waals surface area (Å²) in [4.78, 5) is 14.5. The molecule has 0 atom stereocenters. The Morgan fingerprint density at radius 1 is 1.60 bits per heavy atom. The fourth-order valence-electron chi connectivity index (χ4n) is 0.882. The lowest BCUT2D eigenvalue weighted by atomic mass is 10.3. The van der Waals surface area contributed by atoms with Crippen LogP contribution in [0.1, 0.15) is 16.8 Å². The summed E-state index contributed by atoms with van der Waals surface area (Å²) in [5.74, 6) is -0.341. The van der Waals surface area contributed by atoms with Crippen LogP contribution in [-0.4, -0.2) is 33.5 Å². The van der Waals surface area contributed by atoms with E-state index in [2.05, 4.69) is 4.98 Å². The molecule has 0 aromatic carbocycles. The molecule has 0 radical (unpaired) electrons. The van der Waals surface area contributed by atoms with E-state index in [0.717, 1.165) is 0 Å². The van der Waals surface area contributed by atoms with E-state index in [1.54, 1.807) is 0 Å². The van der Waals surface area contributed by atoms with Gasteiger partial charge in [-0.15, -0.1) is 11.8 Å². The van der Waals surface area contributed by atoms with Gasteiger partial charge in [0, 0.05) is 18.6 Å². The number of rotatable bonds is 5. The van der Waals surface area contributed by atoms with Crippen molar-refractivity contribution in [1.82, 2.24) is 4.98 Å². The van der Waals surface area contributed by atoms with Crippen LogP contribution in [0.15, 0.2) is 17.3 Å². The SMILES string of the molecule is O=C(O)c1cnc(SCCCO)c(Cl)c1. The first-order valence-electron chi connectivity index (χ1n) is 4.27. The van der Waals surface area contributed by atoms with Gasteiger partial charge >= 0.3 is 5.97 Å². The smallest absolute Gasteiger partial charge is 0.337 e. The topological polar surface area (TPSA) is 70.4 Å². The first-order chi connectivity index (χ1) is 7.15. The molecule has 0 aliphatic rings. The molecule has 1 rings (SSSR count). The van der Waals surface area contributed by atoms with Gasteiger partial charge in [0.15, 0.2) is 0 Å². The Kier molecular flexibility index (Phi) is 4.87. The third kappa shape index (κ3) is 3.70. The van der Waals surface area contributed by atoms with Gasteiger partial charge in [0.2, 0.25) is 0 Å². The molecule has 82 valence electrons. The summed E-state index contributed by atoms with van der Waals surface area (Å²) >= 11 is 7.24. The van der Waals surface area contributed by atoms with Crippen LogP contribution in [0, 0.1) is 0 Å². The minimum absolute atomic E-state index is 0.0755. The average molecular weight is 248 g/mol. The molecular weight excluding hydrogens is 238 g/mol. The number of carbonyl (C=O) groups is 1. The maximum absolute atomic E-state index is 10.6. The molecule has 0 saturated heterocycles. The minimum Gasteiger partial charge on any atom is -0.478 e. The van der Waals surface area contributed by atoms with Gasteiger partial charge in [-0.1, -0.05) is 11.6 Å². The molecule has 0 spiro atoms. The second kappa shape index (κ2) is 5.95. The number of nitrogens with zero attached hydrogens (tertiary/aromatic N) is 1. The highest BCUT2D eigenvalue weighted by Gasteiger charge is 2.08. The van der Waals surface area contributed by atoms with Crippen molar-refractivity contribution in [3.05, 3.63) is 22.8 Å². The normalized spacial score (nSPS) is 10.3. The van der Waals surface area contributed by atoms with Crippen LogP contribution in [0.25, 0.3) is 0 Å². The number of carboxylic acid groups (broad SMARTS) is 1. The number of aliphatic hydroxyl groups excluding tert-OH is 1. The van der Waals surface area contributed by atoms with Gasteiger partial charge < -0.3 is 10.2 Å². The number of hydrogen-bond donors (Lipinski definition) is 2. The van der Waals surface area contributed by atoms with Gasteiger partial charge in [0.05, 0.1) is 10.6 Å². The monoisotopic (exact) mass is 247 g/mol. The Bertz CT molecular complexity index is 359. The second-order valence-electron chi connectivity index (χ2n) is 2.74. The van der Waals surface area contributed by atoms with Gasteiger partial charge in [0.1, 0.15) is 5.03 Å². The Hall–Kier alpha value is -0.780. The Morgan fingerprint density at radius 3 is 2.87 bits per heavy atom. The zero-order chi connectivity index (χ0) is 11.3. The molecule has 15 heavy (non-hydrogen) atoms. The highest BCUT2D eigenvalue weighted by atomic mass is 35.5. The van der Waals surface area contributed by atoms with Gasteiger partial charge in [-0.05, 0) is 12.5 Å². The third-order valence-corrected chi connectivity index (χ3v) is 3.09. The maximum atomic E-state index is 10.6. The molecule has 0 unspecified atom stereocenters. The summed E-state index contributed by atoms with van der Waals surface area (Å²) in [7, 11) is 0. The molecule has 4 nitrogen and oxygen atoms in total. The summed E-state index contributed by atoms with van der Waals surface area (Å²) in [6.45, 7) is 0.123. The Morgan fingerprint density at radius 2 is 2.33 bits per heavy atom. The van der Waals surface area contributed by atoms with Crippen LogP contribution in [0.4, 0.5) is 0 Å². The van der Waals surface area contributed by atoms with Crippen LogP contribution >= 0.6 is 23.4 Å². The van der Waals surface area contributed by atoms with Crippen molar-refractivity contribution in [3.63, 3.8) is 0 Å². The quantitative estimate of drug-likeness (QED) is 0.614. The molecule has 0 amide bonds. The molecule has 1 heterocycles. The fourth-order valence-corrected chi connectivity index (χ4v) is 2.00. The first-order valence-corrected chi connectivity index (χ1v) is 5.64. The van der Waals surface area contributed by atoms with Crippen LogP contribution < -0.4 is 0 Å². The third-order valence-electron chi connectivity index (χ3n) is 1.60. The summed E-state index contributed by atoms with van der Waals surface area (Å²) in [6.07, 6.45) is 1.93. The molecule has 2 N–H and O–H groups in total. The standard InChI is InChI=1S/C9H10ClNO3S/c10-7-4-6(9(13)14)5-11-8(7)15-3-1-2-12/h4-5,12H,1-3H2,(H,13,14). The average Bonchev–Trinajstić information content (AvgIpc) is 2.20. The van der Waals surface area contributed by atoms with Gasteiger partial charge in [-0.25, -0.2) is 9.78 Å². The number of carboxylic acids is 1. The number of pyridine rings is 1. The van der Waals surface area contributed by atoms with E-state index in [1.165, 1.54) is 24.0 Å². The van der Waals surface area contributed by atoms with E-state index in [0.29, 0.717) is 22.2 Å². The van der Waals surface area contributed by atoms with Crippen molar-refractivity contribution in [2.75, 3.05) is 12.4 Å². The van der Waals surface area contributed by atoms with Crippen LogP contribution in [0.5, 0.6) is 0 Å². The Labute approximate surface area is 96.3 Å². The van der Waals surface area contributed by atoms with Gasteiger partial charge in [-0.3, -0.25) is 0 Å². The molecule has 0 aliphatic carbocycles. The van der Waals surface area contributed by atoms with Crippen molar-refractivity contribution in [3.8, 4) is 0 Å². The number of aliphatic hydroxyl groups is 1. The van der Waals surface area contributed by atoms with Crippen molar-refractivity contribution in [1.29, 1.82) is 0 Å². The van der Waals surface area contributed by atoms with Crippen LogP contribution in [0.3, 0.4) is 0 Å². The predicted molar refractivity (Wildman–Crippen MR) is 58.6 cm³/mol. The summed E-state index contributed by atoms with van der Waals surface area (Å²) < 4.78 is 0. The summed E-state index contributed by atoms with van der Waals surface area (Å²) in [5.41, 5.74) is 0.0755. The van der Waals surface area contributed by atoms with Crippen molar-refractivity contribution in [2.45, 2.75) is 11.4 Å². The number of aromatic nitrogens is 1. The zero-order valence-corrected chi connectivity index (χ0v) is 9.38. The molecule has 6 heteroatoms. The van der Waals surface area contributed by atoms with Gasteiger partial charge in [0.25, 0.3) is 0 Å². The van der Waals surface area contributed by atoms with Crippen LogP contribution in [0.2, 0.25) is 5.02 Å². The van der Waals surface area contributed by atoms with Crippen molar-refractivity contribution < 1.29 is 15.0 Å². The molecular formula is C9H10ClNO3S. The maximum Gasteiger partial charge on any atom is 0.337 e. The molecule has 1 aromatic rings. The van der Waals surface area contributed by atoms with E-state index >= 15 is 0 Å². The molecule has 0 bridgehead atoms. The van der Waals surface area contributed by atoms with E-state index in [4.69, 9.17) is 21.8 Å². The predicted octanol–water partition coefficient (Wildman–Crippen LogP) is 1.91. The van der Waals surface area contributed by atoms with Crippen molar-refractivity contribution in [2.24, 2.45) is 0 Å². The zero-order valence-electron chi connectivity index (χ0n) is 7.81. The van der Waals surface area contributed by atoms with Crippen LogP contribution in [-0.2, 0) is 0 Å². The van der Waals surface area contributed by atoms with E-state index < -0.39 is 5.97 Å². The van der Waals surface area contributed by atoms with E-state index in [1.807, 2.05) is 0 Å². The molecule has 1 aromatic heterocycles. The molecule has 0 saturated carbocycles. The highest BCUT2D eigenvalue weighted by Crippen LogP contribution is 2.25. The summed E-state index contributed by atoms with van der Waals surface area (Å²) in [6, 6.07) is 1.37. The highest BCUT2D eigenvalue weighted by molar-refractivity contribution is 7.99. The first kappa shape index (κ1) is 12.3. The number of halogens is 1.